The van der Waals surface area contributed by atoms with Crippen LogP contribution in [0.3, 0.4) is 0 Å². The van der Waals surface area contributed by atoms with Crippen LogP contribution < -0.4 is 14.4 Å². The normalized spacial score (nSPS) is 11.5. The maximum atomic E-state index is 14.9. The lowest BCUT2D eigenvalue weighted by atomic mass is 10.0. The lowest BCUT2D eigenvalue weighted by Gasteiger charge is -2.33. The van der Waals surface area contributed by atoms with Crippen molar-refractivity contribution in [3.63, 3.8) is 0 Å². The van der Waals surface area contributed by atoms with Gasteiger partial charge in [-0.2, -0.15) is 10.5 Å². The summed E-state index contributed by atoms with van der Waals surface area (Å²) in [5.74, 6) is -2.26. The van der Waals surface area contributed by atoms with Gasteiger partial charge in [-0.15, -0.1) is 0 Å². The van der Waals surface area contributed by atoms with Crippen LogP contribution in [0.15, 0.2) is 48.5 Å². The van der Waals surface area contributed by atoms with Gasteiger partial charge in [0.1, 0.15) is 23.3 Å². The Morgan fingerprint density at radius 3 is 1.75 bits per heavy atom. The van der Waals surface area contributed by atoms with E-state index in [0.717, 1.165) is 7.11 Å². The number of para-hydroxylation sites is 4. The Labute approximate surface area is 159 Å². The lowest BCUT2D eigenvalue weighted by Crippen LogP contribution is -2.19. The predicted molar refractivity (Wildman–Crippen MR) is 97.1 cm³/mol. The molecule has 0 amide bonds. The zero-order valence-electron chi connectivity index (χ0n) is 14.5. The smallest absolute Gasteiger partial charge is 0.193 e. The summed E-state index contributed by atoms with van der Waals surface area (Å²) in [6.45, 7) is 0. The largest absolute Gasteiger partial charge is 0.491 e. The number of methoxy groups -OCH3 is 1. The van der Waals surface area contributed by atoms with Crippen LogP contribution in [0.25, 0.3) is 0 Å². The van der Waals surface area contributed by atoms with Crippen LogP contribution in [0.5, 0.6) is 17.2 Å². The van der Waals surface area contributed by atoms with Crippen LogP contribution in [-0.4, -0.2) is 7.11 Å². The summed E-state index contributed by atoms with van der Waals surface area (Å²) in [7, 11) is 1.07. The molecule has 0 N–H and O–H groups in total. The van der Waals surface area contributed by atoms with Crippen LogP contribution in [0.2, 0.25) is 0 Å². The SMILES string of the molecule is COc1c(F)c(C#N)c(N2c3ccccc3Oc3ccccc32)c(C#N)c1F. The number of halogens is 2. The molecule has 0 atom stereocenters. The maximum absolute atomic E-state index is 14.9. The monoisotopic (exact) mass is 375 g/mol. The molecule has 0 saturated carbocycles. The number of hydrogen-bond donors (Lipinski definition) is 0. The van der Waals surface area contributed by atoms with Gasteiger partial charge in [-0.05, 0) is 24.3 Å². The van der Waals surface area contributed by atoms with Crippen molar-refractivity contribution in [1.82, 2.24) is 0 Å². The minimum atomic E-state index is -1.17. The Balaban J connectivity index is 2.15. The first kappa shape index (κ1) is 17.3. The van der Waals surface area contributed by atoms with Gasteiger partial charge < -0.3 is 14.4 Å². The molecule has 1 heterocycles. The second-order valence-electron chi connectivity index (χ2n) is 5.86. The van der Waals surface area contributed by atoms with Crippen LogP contribution >= 0.6 is 0 Å². The van der Waals surface area contributed by atoms with E-state index in [-0.39, 0.29) is 5.69 Å². The van der Waals surface area contributed by atoms with E-state index in [4.69, 9.17) is 9.47 Å². The molecule has 0 aliphatic carbocycles. The molecule has 0 fully saturated rings. The lowest BCUT2D eigenvalue weighted by molar-refractivity contribution is 0.359. The van der Waals surface area contributed by atoms with Gasteiger partial charge in [0.05, 0.1) is 24.2 Å². The highest BCUT2D eigenvalue weighted by atomic mass is 19.1. The first-order valence-corrected chi connectivity index (χ1v) is 8.17. The Morgan fingerprint density at radius 2 is 1.32 bits per heavy atom. The summed E-state index contributed by atoms with van der Waals surface area (Å²) in [6.07, 6.45) is 0. The average molecular weight is 375 g/mol. The third kappa shape index (κ3) is 2.34. The zero-order chi connectivity index (χ0) is 19.8. The van der Waals surface area contributed by atoms with Crippen molar-refractivity contribution in [3.8, 4) is 29.4 Å². The molecule has 3 aromatic carbocycles. The third-order valence-corrected chi connectivity index (χ3v) is 4.39. The van der Waals surface area contributed by atoms with Crippen LogP contribution in [-0.2, 0) is 0 Å². The average Bonchev–Trinajstić information content (AvgIpc) is 2.72. The van der Waals surface area contributed by atoms with Gasteiger partial charge in [-0.25, -0.2) is 8.78 Å². The number of benzene rings is 3. The topological polar surface area (TPSA) is 69.3 Å². The molecule has 7 heteroatoms. The Morgan fingerprint density at radius 1 is 0.857 bits per heavy atom. The molecule has 3 aromatic rings. The fourth-order valence-electron chi connectivity index (χ4n) is 3.21. The molecule has 0 radical (unpaired) electrons. The van der Waals surface area contributed by atoms with Crippen molar-refractivity contribution < 1.29 is 18.3 Å². The number of hydrogen-bond acceptors (Lipinski definition) is 5. The van der Waals surface area contributed by atoms with Gasteiger partial charge in [0.2, 0.25) is 0 Å². The highest BCUT2D eigenvalue weighted by Gasteiger charge is 2.34. The number of ether oxygens (including phenoxy) is 2. The van der Waals surface area contributed by atoms with Crippen molar-refractivity contribution >= 4 is 17.1 Å². The quantitative estimate of drug-likeness (QED) is 0.476. The minimum Gasteiger partial charge on any atom is -0.491 e. The molecule has 0 spiro atoms. The summed E-state index contributed by atoms with van der Waals surface area (Å²) < 4.78 is 40.3. The minimum absolute atomic E-state index is 0.205. The third-order valence-electron chi connectivity index (χ3n) is 4.39. The second-order valence-corrected chi connectivity index (χ2v) is 5.86. The number of fused-ring (bicyclic) bond motifs is 2. The molecule has 0 saturated heterocycles. The summed E-state index contributed by atoms with van der Waals surface area (Å²) >= 11 is 0. The van der Waals surface area contributed by atoms with E-state index < -0.39 is 28.5 Å². The number of nitriles is 2. The van der Waals surface area contributed by atoms with Gasteiger partial charge in [-0.1, -0.05) is 24.3 Å². The molecule has 1 aliphatic heterocycles. The van der Waals surface area contributed by atoms with Gasteiger partial charge in [0, 0.05) is 0 Å². The molecule has 0 unspecified atom stereocenters. The van der Waals surface area contributed by atoms with E-state index in [1.807, 2.05) is 0 Å². The fourth-order valence-corrected chi connectivity index (χ4v) is 3.21. The number of nitrogens with zero attached hydrogens (tertiary/aromatic N) is 3. The molecule has 28 heavy (non-hydrogen) atoms. The Kier molecular flexibility index (Phi) is 4.06. The van der Waals surface area contributed by atoms with E-state index >= 15 is 0 Å². The molecule has 5 nitrogen and oxygen atoms in total. The summed E-state index contributed by atoms with van der Waals surface area (Å²) in [5.41, 5.74) is -0.317. The van der Waals surface area contributed by atoms with Crippen molar-refractivity contribution in [2.24, 2.45) is 0 Å². The number of anilines is 3. The van der Waals surface area contributed by atoms with Gasteiger partial charge in [-0.3, -0.25) is 0 Å². The van der Waals surface area contributed by atoms with Crippen LogP contribution in [0.4, 0.5) is 25.8 Å². The van der Waals surface area contributed by atoms with Gasteiger partial charge in [0.25, 0.3) is 0 Å². The van der Waals surface area contributed by atoms with E-state index in [9.17, 15) is 19.3 Å². The molecular formula is C21H11F2N3O2. The van der Waals surface area contributed by atoms with Crippen molar-refractivity contribution in [1.29, 1.82) is 10.5 Å². The van der Waals surface area contributed by atoms with Gasteiger partial charge in [0.15, 0.2) is 28.9 Å². The summed E-state index contributed by atoms with van der Waals surface area (Å²) in [6, 6.07) is 17.1. The van der Waals surface area contributed by atoms with Crippen molar-refractivity contribution in [2.45, 2.75) is 0 Å². The number of rotatable bonds is 2. The Hall–Kier alpha value is -4.10. The Bertz CT molecular complexity index is 1110. The highest BCUT2D eigenvalue weighted by Crippen LogP contribution is 2.52. The second kappa shape index (κ2) is 6.57. The van der Waals surface area contributed by atoms with Crippen LogP contribution in [0, 0.1) is 34.3 Å². The van der Waals surface area contributed by atoms with Crippen molar-refractivity contribution in [2.75, 3.05) is 12.0 Å². The summed E-state index contributed by atoms with van der Waals surface area (Å²) in [4.78, 5) is 1.46. The standard InChI is InChI=1S/C21H11F2N3O2/c1-27-21-18(22)12(10-24)20(13(11-25)19(21)23)26-14-6-2-4-8-16(14)28-17-9-5-3-7-15(17)26/h2-9H,1H3. The predicted octanol–water partition coefficient (Wildman–Crippen LogP) is 5.29. The first-order valence-electron chi connectivity index (χ1n) is 8.17. The molecular weight excluding hydrogens is 364 g/mol. The highest BCUT2D eigenvalue weighted by molar-refractivity contribution is 5.91. The van der Waals surface area contributed by atoms with E-state index in [0.29, 0.717) is 22.9 Å². The zero-order valence-corrected chi connectivity index (χ0v) is 14.5. The van der Waals surface area contributed by atoms with Crippen LogP contribution in [0.1, 0.15) is 11.1 Å². The van der Waals surface area contributed by atoms with Crippen molar-refractivity contribution in [3.05, 3.63) is 71.3 Å². The maximum Gasteiger partial charge on any atom is 0.193 e. The van der Waals surface area contributed by atoms with Gasteiger partial charge >= 0.3 is 0 Å². The molecule has 0 bridgehead atoms. The summed E-state index contributed by atoms with van der Waals surface area (Å²) in [5, 5.41) is 19.2. The van der Waals surface area contributed by atoms with E-state index in [2.05, 4.69) is 0 Å². The van der Waals surface area contributed by atoms with E-state index in [1.165, 1.54) is 4.90 Å². The molecule has 4 rings (SSSR count). The van der Waals surface area contributed by atoms with E-state index in [1.54, 1.807) is 60.7 Å². The molecule has 0 aromatic heterocycles. The molecule has 1 aliphatic rings. The fraction of sp³-hybridized carbons (Fsp3) is 0.0476. The molecule has 136 valence electrons. The first-order chi connectivity index (χ1) is 13.6.